The fourth-order valence-corrected chi connectivity index (χ4v) is 5.48. The molecule has 0 spiro atoms. The molecule has 0 saturated heterocycles. The quantitative estimate of drug-likeness (QED) is 0.182. The number of nitrogens with zero attached hydrogens (tertiary/aromatic N) is 1. The first-order valence-electron chi connectivity index (χ1n) is 14.5. The molecule has 0 N–H and O–H groups in total. The van der Waals surface area contributed by atoms with Crippen molar-refractivity contribution in [2.75, 3.05) is 4.90 Å². The lowest BCUT2D eigenvalue weighted by atomic mass is 9.91. The van der Waals surface area contributed by atoms with Crippen molar-refractivity contribution in [3.63, 3.8) is 0 Å². The van der Waals surface area contributed by atoms with E-state index in [4.69, 9.17) is 0 Å². The highest BCUT2D eigenvalue weighted by Crippen LogP contribution is 2.35. The molecule has 0 aliphatic rings. The molecular formula is C41H35N. The molecule has 6 aromatic carbocycles. The van der Waals surface area contributed by atoms with Crippen LogP contribution in [-0.4, -0.2) is 0 Å². The van der Waals surface area contributed by atoms with Gasteiger partial charge in [0.05, 0.1) is 0 Å². The first kappa shape index (κ1) is 27.1. The van der Waals surface area contributed by atoms with E-state index < -0.39 is 0 Å². The van der Waals surface area contributed by atoms with Gasteiger partial charge in [-0.3, -0.25) is 0 Å². The molecule has 6 aromatic rings. The molecule has 0 aromatic heterocycles. The van der Waals surface area contributed by atoms with Crippen LogP contribution in [-0.2, 0) is 0 Å². The average Bonchev–Trinajstić information content (AvgIpc) is 3.03. The summed E-state index contributed by atoms with van der Waals surface area (Å²) in [4.78, 5) is 2.31. The summed E-state index contributed by atoms with van der Waals surface area (Å²) in [5.41, 5.74) is 12.0. The zero-order chi connectivity index (χ0) is 28.9. The van der Waals surface area contributed by atoms with Gasteiger partial charge >= 0.3 is 0 Å². The topological polar surface area (TPSA) is 3.24 Å². The maximum Gasteiger partial charge on any atom is 0.0462 e. The predicted molar refractivity (Wildman–Crippen MR) is 182 cm³/mol. The number of hydrogen-bond acceptors (Lipinski definition) is 1. The highest BCUT2D eigenvalue weighted by Gasteiger charge is 2.13. The number of hydrogen-bond donors (Lipinski definition) is 0. The van der Waals surface area contributed by atoms with E-state index in [9.17, 15) is 0 Å². The fraction of sp³-hybridized carbons (Fsp3) is 0.0732. The Morgan fingerprint density at radius 1 is 0.524 bits per heavy atom. The Bertz CT molecular complexity index is 1810. The molecule has 1 nitrogen and oxygen atoms in total. The maximum absolute atomic E-state index is 2.32. The fourth-order valence-electron chi connectivity index (χ4n) is 5.48. The van der Waals surface area contributed by atoms with Gasteiger partial charge in [0.15, 0.2) is 0 Å². The largest absolute Gasteiger partial charge is 0.311 e. The molecule has 0 saturated carbocycles. The summed E-state index contributed by atoms with van der Waals surface area (Å²) >= 11 is 0. The Balaban J connectivity index is 1.37. The third kappa shape index (κ3) is 5.96. The van der Waals surface area contributed by atoms with Crippen LogP contribution in [0, 0.1) is 13.8 Å². The highest BCUT2D eigenvalue weighted by atomic mass is 15.1. The van der Waals surface area contributed by atoms with Crippen molar-refractivity contribution < 1.29 is 0 Å². The molecule has 1 heteroatoms. The average molecular weight is 542 g/mol. The van der Waals surface area contributed by atoms with Crippen LogP contribution in [0.5, 0.6) is 0 Å². The number of aryl methyl sites for hydroxylation is 2. The summed E-state index contributed by atoms with van der Waals surface area (Å²) in [6.07, 6.45) is 4.58. The molecular weight excluding hydrogens is 506 g/mol. The van der Waals surface area contributed by atoms with E-state index in [0.29, 0.717) is 0 Å². The molecule has 0 aliphatic carbocycles. The molecule has 0 aliphatic heterocycles. The van der Waals surface area contributed by atoms with E-state index in [-0.39, 0.29) is 0 Å². The summed E-state index contributed by atoms with van der Waals surface area (Å²) in [6, 6.07) is 52.2. The van der Waals surface area contributed by atoms with Crippen molar-refractivity contribution in [2.24, 2.45) is 0 Å². The summed E-state index contributed by atoms with van der Waals surface area (Å²) in [5, 5.41) is 2.51. The van der Waals surface area contributed by atoms with Crippen LogP contribution in [0.25, 0.3) is 22.4 Å². The van der Waals surface area contributed by atoms with Crippen molar-refractivity contribution in [3.8, 4) is 0 Å². The summed E-state index contributed by atoms with van der Waals surface area (Å²) in [5.74, 6) is 0. The minimum Gasteiger partial charge on any atom is -0.311 e. The summed E-state index contributed by atoms with van der Waals surface area (Å²) in [6.45, 7) is 6.44. The molecule has 0 atom stereocenters. The van der Waals surface area contributed by atoms with Crippen molar-refractivity contribution in [1.82, 2.24) is 0 Å². The van der Waals surface area contributed by atoms with Crippen molar-refractivity contribution in [2.45, 2.75) is 20.8 Å². The summed E-state index contributed by atoms with van der Waals surface area (Å²) in [7, 11) is 0. The van der Waals surface area contributed by atoms with E-state index in [2.05, 4.69) is 183 Å². The molecule has 42 heavy (non-hydrogen) atoms. The normalized spacial score (nSPS) is 12.0. The van der Waals surface area contributed by atoms with Crippen molar-refractivity contribution in [1.29, 1.82) is 0 Å². The molecule has 0 radical (unpaired) electrons. The van der Waals surface area contributed by atoms with Crippen LogP contribution in [0.1, 0.15) is 34.7 Å². The second-order valence-electron chi connectivity index (χ2n) is 10.9. The lowest BCUT2D eigenvalue weighted by Crippen LogP contribution is -2.09. The van der Waals surface area contributed by atoms with Gasteiger partial charge in [0, 0.05) is 17.1 Å². The van der Waals surface area contributed by atoms with E-state index in [1.807, 2.05) is 0 Å². The van der Waals surface area contributed by atoms with Gasteiger partial charge in [0.25, 0.3) is 0 Å². The molecule has 0 unspecified atom stereocenters. The lowest BCUT2D eigenvalue weighted by molar-refractivity contribution is 1.27. The third-order valence-electron chi connectivity index (χ3n) is 7.67. The van der Waals surface area contributed by atoms with Gasteiger partial charge in [-0.2, -0.15) is 0 Å². The smallest absolute Gasteiger partial charge is 0.0462 e. The van der Waals surface area contributed by atoms with Gasteiger partial charge in [0.1, 0.15) is 0 Å². The molecule has 204 valence electrons. The first-order valence-corrected chi connectivity index (χ1v) is 14.5. The molecule has 0 amide bonds. The number of anilines is 3. The Hall–Kier alpha value is -5.14. The molecule has 6 rings (SSSR count). The molecule has 0 fully saturated rings. The maximum atomic E-state index is 2.32. The van der Waals surface area contributed by atoms with Crippen LogP contribution in [0.3, 0.4) is 0 Å². The highest BCUT2D eigenvalue weighted by molar-refractivity contribution is 5.98. The van der Waals surface area contributed by atoms with Gasteiger partial charge < -0.3 is 4.90 Å². The van der Waals surface area contributed by atoms with Crippen molar-refractivity contribution >= 4 is 39.5 Å². The first-order chi connectivity index (χ1) is 20.5. The second kappa shape index (κ2) is 12.2. The van der Waals surface area contributed by atoms with Crippen LogP contribution in [0.4, 0.5) is 17.1 Å². The van der Waals surface area contributed by atoms with E-state index >= 15 is 0 Å². The number of fused-ring (bicyclic) bond motifs is 1. The van der Waals surface area contributed by atoms with Crippen LogP contribution >= 0.6 is 0 Å². The van der Waals surface area contributed by atoms with Gasteiger partial charge in [0.2, 0.25) is 0 Å². The van der Waals surface area contributed by atoms with Gasteiger partial charge in [-0.15, -0.1) is 0 Å². The van der Waals surface area contributed by atoms with Gasteiger partial charge in [-0.1, -0.05) is 132 Å². The second-order valence-corrected chi connectivity index (χ2v) is 10.9. The number of benzene rings is 6. The van der Waals surface area contributed by atoms with Crippen molar-refractivity contribution in [3.05, 3.63) is 185 Å². The minimum absolute atomic E-state index is 1.13. The monoisotopic (exact) mass is 541 g/mol. The molecule has 0 heterocycles. The minimum atomic E-state index is 1.13. The SMILES string of the molecule is CC(=Cc1ccc(N(c2ccc(C)cc2)c2ccc(C)cc2)cc1)C=C(c1ccccc1)c1cccc2ccccc12. The Kier molecular flexibility index (Phi) is 7.83. The number of allylic oxidation sites excluding steroid dienone is 2. The van der Waals surface area contributed by atoms with Gasteiger partial charge in [-0.05, 0) is 95.8 Å². The zero-order valence-electron chi connectivity index (χ0n) is 24.5. The Morgan fingerprint density at radius 3 is 1.67 bits per heavy atom. The summed E-state index contributed by atoms with van der Waals surface area (Å²) < 4.78 is 0. The molecule has 0 bridgehead atoms. The standard InChI is InChI=1S/C41H35N/c1-30-16-22-36(23-17-30)42(37-24-18-31(2)19-25-37)38-26-20-33(21-27-38)28-32(3)29-41(35-10-5-4-6-11-35)40-15-9-13-34-12-7-8-14-39(34)40/h4-29H,1-3H3. The predicted octanol–water partition coefficient (Wildman–Crippen LogP) is 11.5. The third-order valence-corrected chi connectivity index (χ3v) is 7.67. The Morgan fingerprint density at radius 2 is 1.05 bits per heavy atom. The van der Waals surface area contributed by atoms with Crippen LogP contribution in [0.15, 0.2) is 157 Å². The van der Waals surface area contributed by atoms with E-state index in [1.54, 1.807) is 0 Å². The van der Waals surface area contributed by atoms with Crippen LogP contribution in [0.2, 0.25) is 0 Å². The lowest BCUT2D eigenvalue weighted by Gasteiger charge is -2.26. The van der Waals surface area contributed by atoms with Gasteiger partial charge in [-0.25, -0.2) is 0 Å². The zero-order valence-corrected chi connectivity index (χ0v) is 24.5. The van der Waals surface area contributed by atoms with E-state index in [1.165, 1.54) is 49.7 Å². The Labute approximate surface area is 249 Å². The van der Waals surface area contributed by atoms with E-state index in [0.717, 1.165) is 17.1 Å². The van der Waals surface area contributed by atoms with Crippen LogP contribution < -0.4 is 4.90 Å². The number of rotatable bonds is 7.